The van der Waals surface area contributed by atoms with Gasteiger partial charge in [-0.25, -0.2) is 0 Å². The highest BCUT2D eigenvalue weighted by Crippen LogP contribution is 2.40. The fourth-order valence-electron chi connectivity index (χ4n) is 3.79. The molecule has 0 atom stereocenters. The second-order valence-corrected chi connectivity index (χ2v) is 7.98. The van der Waals surface area contributed by atoms with Crippen molar-refractivity contribution in [1.29, 1.82) is 0 Å². The van der Waals surface area contributed by atoms with Gasteiger partial charge in [-0.15, -0.1) is 0 Å². The highest BCUT2D eigenvalue weighted by atomic mass is 15.1. The highest BCUT2D eigenvalue weighted by Gasteiger charge is 2.37. The molecule has 0 aliphatic heterocycles. The van der Waals surface area contributed by atoms with Crippen molar-refractivity contribution < 1.29 is 0 Å². The van der Waals surface area contributed by atoms with Crippen LogP contribution in [0, 0.1) is 17.3 Å². The van der Waals surface area contributed by atoms with Crippen LogP contribution in [0.4, 0.5) is 0 Å². The summed E-state index contributed by atoms with van der Waals surface area (Å²) in [5.74, 6) is 1.99. The molecule has 0 spiro atoms. The maximum Gasteiger partial charge on any atom is 0.00684 e. The minimum atomic E-state index is 0.582. The highest BCUT2D eigenvalue weighted by molar-refractivity contribution is 4.92. The summed E-state index contributed by atoms with van der Waals surface area (Å²) in [7, 11) is 2.36. The lowest BCUT2D eigenvalue weighted by Gasteiger charge is -2.42. The van der Waals surface area contributed by atoms with Crippen molar-refractivity contribution in [2.45, 2.75) is 64.3 Å². The lowest BCUT2D eigenvalue weighted by Crippen LogP contribution is -2.46. The summed E-state index contributed by atoms with van der Waals surface area (Å²) in [6.07, 6.45) is 11.6. The first-order valence-electron chi connectivity index (χ1n) is 8.57. The Morgan fingerprint density at radius 2 is 1.74 bits per heavy atom. The van der Waals surface area contributed by atoms with Gasteiger partial charge in [0.1, 0.15) is 0 Å². The maximum atomic E-state index is 3.83. The molecule has 0 heterocycles. The molecule has 2 heteroatoms. The Bertz CT molecular complexity index is 286. The standard InChI is InChI=1S/C17H32N2/c1-14-7-9-17(10-8-14,12-18-16-5-6-16)13-19(2)11-15-3-4-15/h14-16,18H,3-13H2,1-2H3. The average molecular weight is 264 g/mol. The molecular formula is C17H32N2. The van der Waals surface area contributed by atoms with E-state index in [4.69, 9.17) is 0 Å². The fraction of sp³-hybridized carbons (Fsp3) is 1.00. The van der Waals surface area contributed by atoms with Crippen LogP contribution in [0.2, 0.25) is 0 Å². The molecule has 3 rings (SSSR count). The Morgan fingerprint density at radius 3 is 2.32 bits per heavy atom. The smallest absolute Gasteiger partial charge is 0.00684 e. The topological polar surface area (TPSA) is 15.3 Å². The molecule has 0 aromatic carbocycles. The van der Waals surface area contributed by atoms with Crippen LogP contribution in [0.3, 0.4) is 0 Å². The van der Waals surface area contributed by atoms with Gasteiger partial charge in [0, 0.05) is 25.7 Å². The van der Waals surface area contributed by atoms with E-state index in [9.17, 15) is 0 Å². The Morgan fingerprint density at radius 1 is 1.05 bits per heavy atom. The molecule has 0 amide bonds. The Labute approximate surface area is 119 Å². The van der Waals surface area contributed by atoms with Crippen molar-refractivity contribution in [3.8, 4) is 0 Å². The van der Waals surface area contributed by atoms with Crippen LogP contribution in [-0.2, 0) is 0 Å². The van der Waals surface area contributed by atoms with Gasteiger partial charge in [-0.2, -0.15) is 0 Å². The number of hydrogen-bond acceptors (Lipinski definition) is 2. The third-order valence-electron chi connectivity index (χ3n) is 5.55. The van der Waals surface area contributed by atoms with Gasteiger partial charge in [0.2, 0.25) is 0 Å². The molecule has 110 valence electrons. The van der Waals surface area contributed by atoms with Crippen LogP contribution >= 0.6 is 0 Å². The largest absolute Gasteiger partial charge is 0.313 e. The molecule has 2 nitrogen and oxygen atoms in total. The molecule has 0 aromatic rings. The molecule has 3 fully saturated rings. The number of nitrogens with one attached hydrogen (secondary N) is 1. The van der Waals surface area contributed by atoms with Crippen molar-refractivity contribution in [3.05, 3.63) is 0 Å². The molecule has 0 unspecified atom stereocenters. The SMILES string of the molecule is CC1CCC(CNC2CC2)(CN(C)CC2CC2)CC1. The number of rotatable bonds is 7. The Hall–Kier alpha value is -0.0800. The first kappa shape index (κ1) is 13.9. The second-order valence-electron chi connectivity index (χ2n) is 7.98. The van der Waals surface area contributed by atoms with Crippen molar-refractivity contribution in [2.75, 3.05) is 26.7 Å². The van der Waals surface area contributed by atoms with E-state index < -0.39 is 0 Å². The van der Waals surface area contributed by atoms with Gasteiger partial charge in [-0.1, -0.05) is 19.8 Å². The van der Waals surface area contributed by atoms with Crippen LogP contribution in [0.5, 0.6) is 0 Å². The van der Waals surface area contributed by atoms with Gasteiger partial charge < -0.3 is 10.2 Å². The zero-order chi connectivity index (χ0) is 13.3. The van der Waals surface area contributed by atoms with E-state index in [0.717, 1.165) is 17.9 Å². The van der Waals surface area contributed by atoms with Gasteiger partial charge in [0.05, 0.1) is 0 Å². The predicted molar refractivity (Wildman–Crippen MR) is 81.3 cm³/mol. The molecular weight excluding hydrogens is 232 g/mol. The molecule has 1 N–H and O–H groups in total. The summed E-state index contributed by atoms with van der Waals surface area (Å²) in [5, 5.41) is 3.83. The Balaban J connectivity index is 1.53. The lowest BCUT2D eigenvalue weighted by molar-refractivity contribution is 0.0964. The normalized spacial score (nSPS) is 35.8. The third-order valence-corrected chi connectivity index (χ3v) is 5.55. The first-order chi connectivity index (χ1) is 9.15. The molecule has 3 aliphatic rings. The van der Waals surface area contributed by atoms with Crippen LogP contribution in [0.15, 0.2) is 0 Å². The van der Waals surface area contributed by atoms with E-state index in [1.807, 2.05) is 0 Å². The summed E-state index contributed by atoms with van der Waals surface area (Å²) in [6.45, 7) is 6.39. The van der Waals surface area contributed by atoms with Gasteiger partial charge in [0.15, 0.2) is 0 Å². The van der Waals surface area contributed by atoms with E-state index in [0.29, 0.717) is 5.41 Å². The Kier molecular flexibility index (Phi) is 4.19. The molecule has 0 aromatic heterocycles. The van der Waals surface area contributed by atoms with Crippen molar-refractivity contribution in [1.82, 2.24) is 10.2 Å². The van der Waals surface area contributed by atoms with Crippen LogP contribution < -0.4 is 5.32 Å². The monoisotopic (exact) mass is 264 g/mol. The minimum Gasteiger partial charge on any atom is -0.313 e. The number of nitrogens with zero attached hydrogens (tertiary/aromatic N) is 1. The molecule has 0 radical (unpaired) electrons. The van der Waals surface area contributed by atoms with Crippen LogP contribution in [0.1, 0.15) is 58.3 Å². The van der Waals surface area contributed by atoms with Crippen LogP contribution in [-0.4, -0.2) is 37.6 Å². The van der Waals surface area contributed by atoms with E-state index in [-0.39, 0.29) is 0 Å². The maximum absolute atomic E-state index is 3.83. The molecule has 0 bridgehead atoms. The van der Waals surface area contributed by atoms with E-state index in [1.54, 1.807) is 0 Å². The predicted octanol–water partition coefficient (Wildman–Crippen LogP) is 3.28. The van der Waals surface area contributed by atoms with Crippen molar-refractivity contribution in [2.24, 2.45) is 17.3 Å². The zero-order valence-corrected chi connectivity index (χ0v) is 13.0. The van der Waals surface area contributed by atoms with E-state index in [2.05, 4.69) is 24.2 Å². The molecule has 0 saturated heterocycles. The summed E-state index contributed by atoms with van der Waals surface area (Å²) in [5.41, 5.74) is 0.582. The fourth-order valence-corrected chi connectivity index (χ4v) is 3.79. The first-order valence-corrected chi connectivity index (χ1v) is 8.57. The van der Waals surface area contributed by atoms with E-state index >= 15 is 0 Å². The summed E-state index contributed by atoms with van der Waals surface area (Å²) < 4.78 is 0. The molecule has 3 saturated carbocycles. The zero-order valence-electron chi connectivity index (χ0n) is 13.0. The van der Waals surface area contributed by atoms with Gasteiger partial charge in [-0.05, 0) is 62.8 Å². The third kappa shape index (κ3) is 4.19. The van der Waals surface area contributed by atoms with Crippen molar-refractivity contribution >= 4 is 0 Å². The molecule has 3 aliphatic carbocycles. The van der Waals surface area contributed by atoms with Gasteiger partial charge >= 0.3 is 0 Å². The second kappa shape index (κ2) is 5.73. The summed E-state index contributed by atoms with van der Waals surface area (Å²) >= 11 is 0. The lowest BCUT2D eigenvalue weighted by atomic mass is 9.70. The van der Waals surface area contributed by atoms with Gasteiger partial charge in [0.25, 0.3) is 0 Å². The van der Waals surface area contributed by atoms with Gasteiger partial charge in [-0.3, -0.25) is 0 Å². The number of hydrogen-bond donors (Lipinski definition) is 1. The van der Waals surface area contributed by atoms with E-state index in [1.165, 1.54) is 71.0 Å². The quantitative estimate of drug-likeness (QED) is 0.759. The van der Waals surface area contributed by atoms with Crippen molar-refractivity contribution in [3.63, 3.8) is 0 Å². The summed E-state index contributed by atoms with van der Waals surface area (Å²) in [6, 6.07) is 0.866. The van der Waals surface area contributed by atoms with Crippen LogP contribution in [0.25, 0.3) is 0 Å². The summed E-state index contributed by atoms with van der Waals surface area (Å²) in [4.78, 5) is 2.64. The average Bonchev–Trinajstić information content (AvgIpc) is 3.24. The minimum absolute atomic E-state index is 0.582. The molecule has 19 heavy (non-hydrogen) atoms.